The second-order valence-corrected chi connectivity index (χ2v) is 4.00. The highest BCUT2D eigenvalue weighted by Gasteiger charge is 2.04. The van der Waals surface area contributed by atoms with Gasteiger partial charge in [-0.25, -0.2) is 0 Å². The van der Waals surface area contributed by atoms with Crippen LogP contribution in [0.2, 0.25) is 0 Å². The zero-order valence-corrected chi connectivity index (χ0v) is 11.2. The van der Waals surface area contributed by atoms with E-state index in [4.69, 9.17) is 10.5 Å². The smallest absolute Gasteiger partial charge is 0.127 e. The Kier molecular flexibility index (Phi) is 5.69. The standard InChI is InChI=1S/C15H17NO.ClH/c1-2-15(16)12-7-6-10-14(11-12)17-13-8-4-3-5-9-13;/h3-11,15H,2,16H2,1H3;1H/t15-;/m1./s1. The zero-order valence-electron chi connectivity index (χ0n) is 10.4. The first-order valence-corrected chi connectivity index (χ1v) is 5.88. The maximum atomic E-state index is 6.00. The summed E-state index contributed by atoms with van der Waals surface area (Å²) in [4.78, 5) is 0. The lowest BCUT2D eigenvalue weighted by molar-refractivity contribution is 0.481. The lowest BCUT2D eigenvalue weighted by atomic mass is 10.1. The summed E-state index contributed by atoms with van der Waals surface area (Å²) in [5.74, 6) is 1.67. The van der Waals surface area contributed by atoms with E-state index < -0.39 is 0 Å². The van der Waals surface area contributed by atoms with Crippen LogP contribution >= 0.6 is 12.4 Å². The van der Waals surface area contributed by atoms with E-state index in [0.717, 1.165) is 23.5 Å². The average Bonchev–Trinajstić information content (AvgIpc) is 2.39. The Morgan fingerprint density at radius 2 is 1.67 bits per heavy atom. The third kappa shape index (κ3) is 3.76. The second kappa shape index (κ2) is 7.04. The molecule has 0 saturated heterocycles. The van der Waals surface area contributed by atoms with Crippen LogP contribution in [0.25, 0.3) is 0 Å². The molecule has 3 heteroatoms. The van der Waals surface area contributed by atoms with E-state index in [0.29, 0.717) is 0 Å². The fraction of sp³-hybridized carbons (Fsp3) is 0.200. The summed E-state index contributed by atoms with van der Waals surface area (Å²) in [6.45, 7) is 2.08. The molecule has 1 atom stereocenters. The van der Waals surface area contributed by atoms with Gasteiger partial charge in [-0.1, -0.05) is 37.3 Å². The lowest BCUT2D eigenvalue weighted by Crippen LogP contribution is -2.08. The third-order valence-corrected chi connectivity index (χ3v) is 2.70. The van der Waals surface area contributed by atoms with Crippen molar-refractivity contribution in [2.45, 2.75) is 19.4 Å². The molecule has 2 aromatic carbocycles. The van der Waals surface area contributed by atoms with E-state index in [9.17, 15) is 0 Å². The van der Waals surface area contributed by atoms with Crippen LogP contribution in [0.5, 0.6) is 11.5 Å². The number of halogens is 1. The highest BCUT2D eigenvalue weighted by molar-refractivity contribution is 5.85. The van der Waals surface area contributed by atoms with Gasteiger partial charge in [0, 0.05) is 6.04 Å². The summed E-state index contributed by atoms with van der Waals surface area (Å²) in [5, 5.41) is 0. The van der Waals surface area contributed by atoms with Gasteiger partial charge in [0.05, 0.1) is 0 Å². The molecule has 18 heavy (non-hydrogen) atoms. The Labute approximate surface area is 114 Å². The van der Waals surface area contributed by atoms with Crippen molar-refractivity contribution in [2.75, 3.05) is 0 Å². The fourth-order valence-electron chi connectivity index (χ4n) is 1.67. The van der Waals surface area contributed by atoms with Crippen LogP contribution in [0, 0.1) is 0 Å². The first-order chi connectivity index (χ1) is 8.29. The third-order valence-electron chi connectivity index (χ3n) is 2.70. The Bertz CT molecular complexity index is 473. The second-order valence-electron chi connectivity index (χ2n) is 4.00. The molecule has 0 aliphatic carbocycles. The molecular weight excluding hydrogens is 246 g/mol. The largest absolute Gasteiger partial charge is 0.457 e. The van der Waals surface area contributed by atoms with E-state index in [1.54, 1.807) is 0 Å². The Morgan fingerprint density at radius 3 is 2.33 bits per heavy atom. The molecule has 2 N–H and O–H groups in total. The summed E-state index contributed by atoms with van der Waals surface area (Å²) in [7, 11) is 0. The molecule has 0 saturated carbocycles. The molecule has 96 valence electrons. The van der Waals surface area contributed by atoms with Crippen LogP contribution in [0.15, 0.2) is 54.6 Å². The molecule has 2 rings (SSSR count). The Balaban J connectivity index is 0.00000162. The Hall–Kier alpha value is -1.51. The predicted octanol–water partition coefficient (Wildman–Crippen LogP) is 4.31. The van der Waals surface area contributed by atoms with Gasteiger partial charge in [-0.05, 0) is 36.2 Å². The summed E-state index contributed by atoms with van der Waals surface area (Å²) in [6.07, 6.45) is 0.925. The van der Waals surface area contributed by atoms with Gasteiger partial charge in [0.25, 0.3) is 0 Å². The van der Waals surface area contributed by atoms with E-state index >= 15 is 0 Å². The molecule has 0 amide bonds. The molecule has 0 bridgehead atoms. The maximum absolute atomic E-state index is 6.00. The van der Waals surface area contributed by atoms with Crippen molar-refractivity contribution in [3.8, 4) is 11.5 Å². The molecule has 0 aromatic heterocycles. The highest BCUT2D eigenvalue weighted by atomic mass is 35.5. The molecule has 0 spiro atoms. The Morgan fingerprint density at radius 1 is 1.00 bits per heavy atom. The molecular formula is C15H18ClNO. The molecule has 0 unspecified atom stereocenters. The van der Waals surface area contributed by atoms with E-state index in [1.807, 2.05) is 54.6 Å². The normalized spacial score (nSPS) is 11.4. The number of hydrogen-bond acceptors (Lipinski definition) is 2. The van der Waals surface area contributed by atoms with Crippen LogP contribution in [-0.4, -0.2) is 0 Å². The quantitative estimate of drug-likeness (QED) is 0.892. The maximum Gasteiger partial charge on any atom is 0.127 e. The van der Waals surface area contributed by atoms with Crippen LogP contribution in [0.4, 0.5) is 0 Å². The number of benzene rings is 2. The average molecular weight is 264 g/mol. The number of ether oxygens (including phenoxy) is 1. The van der Waals surface area contributed by atoms with Crippen molar-refractivity contribution in [1.29, 1.82) is 0 Å². The molecule has 0 aliphatic rings. The van der Waals surface area contributed by atoms with Gasteiger partial charge in [0.15, 0.2) is 0 Å². The van der Waals surface area contributed by atoms with Gasteiger partial charge in [-0.2, -0.15) is 0 Å². The van der Waals surface area contributed by atoms with Crippen molar-refractivity contribution in [3.63, 3.8) is 0 Å². The van der Waals surface area contributed by atoms with E-state index in [2.05, 4.69) is 6.92 Å². The van der Waals surface area contributed by atoms with Crippen molar-refractivity contribution in [2.24, 2.45) is 5.73 Å². The first kappa shape index (κ1) is 14.6. The highest BCUT2D eigenvalue weighted by Crippen LogP contribution is 2.24. The van der Waals surface area contributed by atoms with Crippen molar-refractivity contribution < 1.29 is 4.74 Å². The minimum Gasteiger partial charge on any atom is -0.457 e. The summed E-state index contributed by atoms with van der Waals surface area (Å²) < 4.78 is 5.76. The van der Waals surface area contributed by atoms with Crippen LogP contribution in [0.1, 0.15) is 24.9 Å². The van der Waals surface area contributed by atoms with Gasteiger partial charge < -0.3 is 10.5 Å². The van der Waals surface area contributed by atoms with Crippen molar-refractivity contribution in [3.05, 3.63) is 60.2 Å². The van der Waals surface area contributed by atoms with Crippen LogP contribution < -0.4 is 10.5 Å². The van der Waals surface area contributed by atoms with Gasteiger partial charge in [-0.3, -0.25) is 0 Å². The van der Waals surface area contributed by atoms with Crippen molar-refractivity contribution in [1.82, 2.24) is 0 Å². The van der Waals surface area contributed by atoms with Gasteiger partial charge in [0.1, 0.15) is 11.5 Å². The molecule has 0 fully saturated rings. The number of para-hydroxylation sites is 1. The lowest BCUT2D eigenvalue weighted by Gasteiger charge is -2.11. The SMILES string of the molecule is CC[C@@H](N)c1cccc(Oc2ccccc2)c1.Cl. The summed E-state index contributed by atoms with van der Waals surface area (Å²) in [6, 6.07) is 17.8. The van der Waals surface area contributed by atoms with E-state index in [-0.39, 0.29) is 18.4 Å². The van der Waals surface area contributed by atoms with Crippen molar-refractivity contribution >= 4 is 12.4 Å². The van der Waals surface area contributed by atoms with Crippen LogP contribution in [-0.2, 0) is 0 Å². The van der Waals surface area contributed by atoms with Gasteiger partial charge in [0.2, 0.25) is 0 Å². The van der Waals surface area contributed by atoms with Gasteiger partial charge >= 0.3 is 0 Å². The predicted molar refractivity (Wildman–Crippen MR) is 77.4 cm³/mol. The van der Waals surface area contributed by atoms with E-state index in [1.165, 1.54) is 0 Å². The zero-order chi connectivity index (χ0) is 12.1. The van der Waals surface area contributed by atoms with Gasteiger partial charge in [-0.15, -0.1) is 12.4 Å². The molecule has 2 nitrogen and oxygen atoms in total. The summed E-state index contributed by atoms with van der Waals surface area (Å²) in [5.41, 5.74) is 7.11. The molecule has 0 aliphatic heterocycles. The van der Waals surface area contributed by atoms with Crippen LogP contribution in [0.3, 0.4) is 0 Å². The molecule has 2 aromatic rings. The molecule has 0 heterocycles. The summed E-state index contributed by atoms with van der Waals surface area (Å²) >= 11 is 0. The fourth-order valence-corrected chi connectivity index (χ4v) is 1.67. The number of nitrogens with two attached hydrogens (primary N) is 1. The minimum atomic E-state index is 0. The number of rotatable bonds is 4. The monoisotopic (exact) mass is 263 g/mol. The topological polar surface area (TPSA) is 35.2 Å². The molecule has 0 radical (unpaired) electrons. The number of hydrogen-bond donors (Lipinski definition) is 1. The minimum absolute atomic E-state index is 0. The first-order valence-electron chi connectivity index (χ1n) is 5.88.